The molecular weight excluding hydrogens is 231 g/mol. The van der Waals surface area contributed by atoms with E-state index in [2.05, 4.69) is 11.9 Å². The van der Waals surface area contributed by atoms with Crippen molar-refractivity contribution in [1.29, 1.82) is 0 Å². The molecule has 1 heterocycles. The molecule has 2 atom stereocenters. The lowest BCUT2D eigenvalue weighted by atomic mass is 9.90. The van der Waals surface area contributed by atoms with Gasteiger partial charge in [0.05, 0.1) is 6.04 Å². The van der Waals surface area contributed by atoms with E-state index in [0.717, 1.165) is 19.3 Å². The van der Waals surface area contributed by atoms with Gasteiger partial charge in [0.2, 0.25) is 0 Å². The lowest BCUT2D eigenvalue weighted by molar-refractivity contribution is 0.303. The van der Waals surface area contributed by atoms with E-state index < -0.39 is 0 Å². The number of benzene rings is 1. The summed E-state index contributed by atoms with van der Waals surface area (Å²) in [4.78, 5) is 4.21. The zero-order chi connectivity index (χ0) is 13.0. The first-order valence-electron chi connectivity index (χ1n) is 6.40. The average molecular weight is 250 g/mol. The van der Waals surface area contributed by atoms with E-state index in [0.29, 0.717) is 18.5 Å². The van der Waals surface area contributed by atoms with E-state index in [9.17, 15) is 4.39 Å². The first-order chi connectivity index (χ1) is 8.69. The highest BCUT2D eigenvalue weighted by Crippen LogP contribution is 2.26. The molecule has 1 aromatic carbocycles. The molecule has 0 bridgehead atoms. The minimum absolute atomic E-state index is 0.180. The fourth-order valence-corrected chi connectivity index (χ4v) is 2.32. The molecule has 3 nitrogen and oxygen atoms in total. The third-order valence-electron chi connectivity index (χ3n) is 3.42. The molecule has 0 amide bonds. The summed E-state index contributed by atoms with van der Waals surface area (Å²) in [5.74, 6) is 0.262. The van der Waals surface area contributed by atoms with Crippen molar-refractivity contribution < 1.29 is 9.13 Å². The Balaban J connectivity index is 1.91. The molecule has 98 valence electrons. The number of ether oxygens (including phenoxy) is 1. The van der Waals surface area contributed by atoms with Gasteiger partial charge in [0, 0.05) is 0 Å². The summed E-state index contributed by atoms with van der Waals surface area (Å²) in [6.07, 6.45) is 3.02. The van der Waals surface area contributed by atoms with E-state index in [1.807, 2.05) is 12.1 Å². The average Bonchev–Trinajstić information content (AvgIpc) is 2.78. The number of nitrogens with two attached hydrogens (primary N) is 1. The standard InChI is InChI=1S/C14H19FN2O/c1-2-10(11-3-6-12(15)7-4-11)5-8-13-9-18-14(16)17-13/h3-4,6-7,10,13H,2,5,8-9H2,1H3,(H2,16,17)/t10-,13+/m1/s1. The molecule has 1 aliphatic heterocycles. The molecule has 2 rings (SSSR count). The van der Waals surface area contributed by atoms with Crippen LogP contribution in [0.5, 0.6) is 0 Å². The Morgan fingerprint density at radius 1 is 1.44 bits per heavy atom. The number of aliphatic imine (C=N–C) groups is 1. The van der Waals surface area contributed by atoms with E-state index in [-0.39, 0.29) is 11.9 Å². The van der Waals surface area contributed by atoms with Crippen LogP contribution in [0.1, 0.15) is 37.7 Å². The Kier molecular flexibility index (Phi) is 4.18. The molecular formula is C14H19FN2O. The van der Waals surface area contributed by atoms with Crippen LogP contribution < -0.4 is 5.73 Å². The Labute approximate surface area is 107 Å². The fraction of sp³-hybridized carbons (Fsp3) is 0.500. The summed E-state index contributed by atoms with van der Waals surface area (Å²) in [7, 11) is 0. The molecule has 0 fully saturated rings. The molecule has 18 heavy (non-hydrogen) atoms. The van der Waals surface area contributed by atoms with Gasteiger partial charge in [-0.05, 0) is 42.9 Å². The largest absolute Gasteiger partial charge is 0.463 e. The van der Waals surface area contributed by atoms with E-state index in [4.69, 9.17) is 10.5 Å². The van der Waals surface area contributed by atoms with Crippen LogP contribution in [-0.2, 0) is 4.74 Å². The second kappa shape index (κ2) is 5.85. The van der Waals surface area contributed by atoms with Gasteiger partial charge >= 0.3 is 0 Å². The molecule has 0 aromatic heterocycles. The lowest BCUT2D eigenvalue weighted by Gasteiger charge is -2.16. The Morgan fingerprint density at radius 2 is 2.17 bits per heavy atom. The van der Waals surface area contributed by atoms with Gasteiger partial charge in [0.15, 0.2) is 0 Å². The van der Waals surface area contributed by atoms with Gasteiger partial charge in [-0.3, -0.25) is 0 Å². The molecule has 0 spiro atoms. The van der Waals surface area contributed by atoms with E-state index >= 15 is 0 Å². The van der Waals surface area contributed by atoms with Crippen molar-refractivity contribution in [2.75, 3.05) is 6.61 Å². The third-order valence-corrected chi connectivity index (χ3v) is 3.42. The molecule has 2 N–H and O–H groups in total. The van der Waals surface area contributed by atoms with Gasteiger partial charge < -0.3 is 10.5 Å². The summed E-state index contributed by atoms with van der Waals surface area (Å²) < 4.78 is 18.0. The number of hydrogen-bond donors (Lipinski definition) is 1. The second-order valence-corrected chi connectivity index (χ2v) is 4.67. The number of amidine groups is 1. The quantitative estimate of drug-likeness (QED) is 0.873. The number of nitrogens with zero attached hydrogens (tertiary/aromatic N) is 1. The van der Waals surface area contributed by atoms with Crippen LogP contribution in [0, 0.1) is 5.82 Å². The Morgan fingerprint density at radius 3 is 2.72 bits per heavy atom. The molecule has 0 saturated carbocycles. The maximum Gasteiger partial charge on any atom is 0.282 e. The normalized spacial score (nSPS) is 20.3. The van der Waals surface area contributed by atoms with Gasteiger partial charge in [-0.2, -0.15) is 0 Å². The van der Waals surface area contributed by atoms with Gasteiger partial charge in [0.1, 0.15) is 12.4 Å². The second-order valence-electron chi connectivity index (χ2n) is 4.67. The monoisotopic (exact) mass is 250 g/mol. The SMILES string of the molecule is CC[C@H](CC[C@H]1COC(N)=N1)c1ccc(F)cc1. The highest BCUT2D eigenvalue weighted by atomic mass is 19.1. The summed E-state index contributed by atoms with van der Waals surface area (Å²) in [5.41, 5.74) is 6.67. The van der Waals surface area contributed by atoms with Crippen LogP contribution in [0.2, 0.25) is 0 Å². The predicted molar refractivity (Wildman–Crippen MR) is 70.0 cm³/mol. The maximum atomic E-state index is 12.9. The van der Waals surface area contributed by atoms with Crippen molar-refractivity contribution >= 4 is 6.02 Å². The van der Waals surface area contributed by atoms with Crippen molar-refractivity contribution in [1.82, 2.24) is 0 Å². The van der Waals surface area contributed by atoms with E-state index in [1.165, 1.54) is 17.7 Å². The molecule has 0 radical (unpaired) electrons. The van der Waals surface area contributed by atoms with Crippen LogP contribution in [0.3, 0.4) is 0 Å². The van der Waals surface area contributed by atoms with Gasteiger partial charge in [-0.25, -0.2) is 9.38 Å². The number of hydrogen-bond acceptors (Lipinski definition) is 3. The highest BCUT2D eigenvalue weighted by molar-refractivity contribution is 5.72. The van der Waals surface area contributed by atoms with Crippen molar-refractivity contribution in [3.8, 4) is 0 Å². The van der Waals surface area contributed by atoms with Crippen molar-refractivity contribution in [2.24, 2.45) is 10.7 Å². The van der Waals surface area contributed by atoms with E-state index in [1.54, 1.807) is 0 Å². The van der Waals surface area contributed by atoms with Gasteiger partial charge in [-0.1, -0.05) is 19.1 Å². The predicted octanol–water partition coefficient (Wildman–Crippen LogP) is 2.81. The summed E-state index contributed by atoms with van der Waals surface area (Å²) in [5, 5.41) is 0. The zero-order valence-electron chi connectivity index (χ0n) is 10.6. The minimum Gasteiger partial charge on any atom is -0.463 e. The Bertz CT molecular complexity index is 416. The molecule has 1 aromatic rings. The van der Waals surface area contributed by atoms with Crippen LogP contribution >= 0.6 is 0 Å². The summed E-state index contributed by atoms with van der Waals surface area (Å²) >= 11 is 0. The zero-order valence-corrected chi connectivity index (χ0v) is 10.6. The van der Waals surface area contributed by atoms with Crippen LogP contribution in [-0.4, -0.2) is 18.7 Å². The lowest BCUT2D eigenvalue weighted by Crippen LogP contribution is -2.10. The summed E-state index contributed by atoms with van der Waals surface area (Å²) in [6.45, 7) is 2.74. The first kappa shape index (κ1) is 12.9. The van der Waals surface area contributed by atoms with Gasteiger partial charge in [0.25, 0.3) is 6.02 Å². The van der Waals surface area contributed by atoms with Crippen LogP contribution in [0.15, 0.2) is 29.3 Å². The van der Waals surface area contributed by atoms with Crippen molar-refractivity contribution in [3.63, 3.8) is 0 Å². The van der Waals surface area contributed by atoms with Crippen LogP contribution in [0.4, 0.5) is 4.39 Å². The Hall–Kier alpha value is -1.58. The third kappa shape index (κ3) is 3.22. The molecule has 4 heteroatoms. The number of rotatable bonds is 5. The fourth-order valence-electron chi connectivity index (χ4n) is 2.32. The van der Waals surface area contributed by atoms with Crippen molar-refractivity contribution in [2.45, 2.75) is 38.1 Å². The minimum atomic E-state index is -0.185. The van der Waals surface area contributed by atoms with Gasteiger partial charge in [-0.15, -0.1) is 0 Å². The van der Waals surface area contributed by atoms with Crippen LogP contribution in [0.25, 0.3) is 0 Å². The smallest absolute Gasteiger partial charge is 0.282 e. The molecule has 0 unspecified atom stereocenters. The highest BCUT2D eigenvalue weighted by Gasteiger charge is 2.18. The number of halogens is 1. The van der Waals surface area contributed by atoms with Crippen molar-refractivity contribution in [3.05, 3.63) is 35.6 Å². The molecule has 1 aliphatic rings. The maximum absolute atomic E-state index is 12.9. The molecule has 0 saturated heterocycles. The summed E-state index contributed by atoms with van der Waals surface area (Å²) in [6, 6.07) is 7.26. The molecule has 0 aliphatic carbocycles. The first-order valence-corrected chi connectivity index (χ1v) is 6.40. The topological polar surface area (TPSA) is 47.6 Å².